The highest BCUT2D eigenvalue weighted by Gasteiger charge is 2.09. The molecular weight excluding hydrogens is 363 g/mol. The summed E-state index contributed by atoms with van der Waals surface area (Å²) in [7, 11) is 0. The van der Waals surface area contributed by atoms with Crippen LogP contribution in [0, 0.1) is 3.57 Å². The Morgan fingerprint density at radius 1 is 1.22 bits per heavy atom. The molecule has 0 radical (unpaired) electrons. The number of benzene rings is 1. The third-order valence-corrected chi connectivity index (χ3v) is 3.47. The summed E-state index contributed by atoms with van der Waals surface area (Å²) in [6.45, 7) is 0. The minimum Gasteiger partial charge on any atom is -0.431 e. The number of nitrogen functional groups attached to an aromatic ring is 1. The number of halogens is 1. The number of nitrogens with two attached hydrogens (primary N) is 1. The second-order valence-electron chi connectivity index (χ2n) is 3.49. The van der Waals surface area contributed by atoms with Crippen LogP contribution in [0.4, 0.5) is 5.69 Å². The van der Waals surface area contributed by atoms with Crippen molar-refractivity contribution in [2.45, 2.75) is 10.4 Å². The Labute approximate surface area is 120 Å². The van der Waals surface area contributed by atoms with Gasteiger partial charge in [-0.15, -0.1) is 0 Å². The molecule has 1 aromatic carbocycles. The first-order valence-electron chi connectivity index (χ1n) is 5.02. The summed E-state index contributed by atoms with van der Waals surface area (Å²) in [4.78, 5) is 12.7. The van der Waals surface area contributed by atoms with Crippen LogP contribution in [0.15, 0.2) is 45.4 Å². The van der Waals surface area contributed by atoms with Gasteiger partial charge in [0.1, 0.15) is 5.52 Å². The van der Waals surface area contributed by atoms with Crippen molar-refractivity contribution in [2.75, 3.05) is 5.73 Å². The molecule has 0 bridgehead atoms. The van der Waals surface area contributed by atoms with Gasteiger partial charge in [-0.3, -0.25) is 0 Å². The van der Waals surface area contributed by atoms with Crippen molar-refractivity contribution in [3.8, 4) is 0 Å². The van der Waals surface area contributed by atoms with E-state index in [1.165, 1.54) is 11.8 Å². The molecule has 5 nitrogen and oxygen atoms in total. The SMILES string of the molecule is Nc1ccc2oc(Sc3ncc(I)cn3)nc2c1. The van der Waals surface area contributed by atoms with Crippen molar-refractivity contribution < 1.29 is 4.42 Å². The number of aromatic nitrogens is 3. The lowest BCUT2D eigenvalue weighted by Gasteiger charge is -1.93. The van der Waals surface area contributed by atoms with Crippen LogP contribution in [0.25, 0.3) is 11.1 Å². The molecule has 0 saturated carbocycles. The summed E-state index contributed by atoms with van der Waals surface area (Å²) in [6, 6.07) is 5.36. The Bertz CT molecular complexity index is 698. The maximum absolute atomic E-state index is 5.69. The third kappa shape index (κ3) is 2.41. The Morgan fingerprint density at radius 3 is 2.78 bits per heavy atom. The molecule has 0 saturated heterocycles. The first kappa shape index (κ1) is 11.7. The van der Waals surface area contributed by atoms with Crippen LogP contribution in [0.5, 0.6) is 0 Å². The second kappa shape index (κ2) is 4.73. The summed E-state index contributed by atoms with van der Waals surface area (Å²) in [5.74, 6) is 0. The summed E-state index contributed by atoms with van der Waals surface area (Å²) in [5, 5.41) is 1.12. The predicted molar refractivity (Wildman–Crippen MR) is 77.3 cm³/mol. The predicted octanol–water partition coefficient (Wildman–Crippen LogP) is 2.96. The molecule has 90 valence electrons. The van der Waals surface area contributed by atoms with Gasteiger partial charge >= 0.3 is 0 Å². The zero-order chi connectivity index (χ0) is 12.5. The van der Waals surface area contributed by atoms with E-state index < -0.39 is 0 Å². The van der Waals surface area contributed by atoms with Crippen LogP contribution >= 0.6 is 34.4 Å². The lowest BCUT2D eigenvalue weighted by Crippen LogP contribution is -1.86. The van der Waals surface area contributed by atoms with E-state index in [0.29, 0.717) is 21.6 Å². The number of fused-ring (bicyclic) bond motifs is 1. The topological polar surface area (TPSA) is 77.8 Å². The molecule has 2 aromatic heterocycles. The average Bonchev–Trinajstić information content (AvgIpc) is 2.73. The Kier molecular flexibility index (Phi) is 3.08. The molecule has 0 fully saturated rings. The first-order chi connectivity index (χ1) is 8.70. The van der Waals surface area contributed by atoms with E-state index >= 15 is 0 Å². The van der Waals surface area contributed by atoms with Crippen molar-refractivity contribution in [1.29, 1.82) is 0 Å². The molecule has 2 heterocycles. The fraction of sp³-hybridized carbons (Fsp3) is 0. The maximum atomic E-state index is 5.69. The molecule has 3 aromatic rings. The van der Waals surface area contributed by atoms with Gasteiger partial charge < -0.3 is 10.2 Å². The van der Waals surface area contributed by atoms with Crippen LogP contribution in [0.3, 0.4) is 0 Å². The molecule has 0 spiro atoms. The standard InChI is InChI=1S/C11H7IN4OS/c12-6-4-14-10(15-5-6)18-11-16-8-3-7(13)1-2-9(8)17-11/h1-5H,13H2. The lowest BCUT2D eigenvalue weighted by molar-refractivity contribution is 0.488. The fourth-order valence-corrected chi connectivity index (χ4v) is 2.32. The van der Waals surface area contributed by atoms with Gasteiger partial charge in [0.05, 0.1) is 0 Å². The number of hydrogen-bond donors (Lipinski definition) is 1. The van der Waals surface area contributed by atoms with Crippen molar-refractivity contribution in [2.24, 2.45) is 0 Å². The van der Waals surface area contributed by atoms with E-state index in [4.69, 9.17) is 10.2 Å². The van der Waals surface area contributed by atoms with Crippen molar-refractivity contribution in [3.05, 3.63) is 34.2 Å². The van der Waals surface area contributed by atoms with Crippen molar-refractivity contribution in [3.63, 3.8) is 0 Å². The Balaban J connectivity index is 1.92. The van der Waals surface area contributed by atoms with Crippen molar-refractivity contribution >= 4 is 51.1 Å². The molecule has 0 amide bonds. The van der Waals surface area contributed by atoms with E-state index in [9.17, 15) is 0 Å². The Morgan fingerprint density at radius 2 is 2.00 bits per heavy atom. The van der Waals surface area contributed by atoms with Crippen molar-refractivity contribution in [1.82, 2.24) is 15.0 Å². The van der Waals surface area contributed by atoms with Crippen LogP contribution in [0.2, 0.25) is 0 Å². The van der Waals surface area contributed by atoms with Gasteiger partial charge in [-0.25, -0.2) is 15.0 Å². The van der Waals surface area contributed by atoms with Gasteiger partial charge in [-0.1, -0.05) is 0 Å². The summed E-state index contributed by atoms with van der Waals surface area (Å²) in [6.07, 6.45) is 3.49. The monoisotopic (exact) mass is 370 g/mol. The highest BCUT2D eigenvalue weighted by molar-refractivity contribution is 14.1. The Hall–Kier alpha value is -1.35. The molecule has 0 unspecified atom stereocenters. The zero-order valence-corrected chi connectivity index (χ0v) is 12.0. The van der Waals surface area contributed by atoms with Gasteiger partial charge in [0, 0.05) is 33.4 Å². The minimum absolute atomic E-state index is 0.511. The van der Waals surface area contributed by atoms with Crippen LogP contribution in [0.1, 0.15) is 0 Å². The number of hydrogen-bond acceptors (Lipinski definition) is 6. The normalized spacial score (nSPS) is 10.9. The van der Waals surface area contributed by atoms with Gasteiger partial charge in [0.25, 0.3) is 5.22 Å². The third-order valence-electron chi connectivity index (χ3n) is 2.17. The molecule has 0 aliphatic rings. The zero-order valence-electron chi connectivity index (χ0n) is 9.00. The van der Waals surface area contributed by atoms with Gasteiger partial charge in [-0.2, -0.15) is 0 Å². The second-order valence-corrected chi connectivity index (χ2v) is 5.66. The van der Waals surface area contributed by atoms with E-state index in [0.717, 1.165) is 9.09 Å². The summed E-state index contributed by atoms with van der Waals surface area (Å²) in [5.41, 5.74) is 7.80. The number of rotatable bonds is 2. The number of oxazole rings is 1. The molecular formula is C11H7IN4OS. The first-order valence-corrected chi connectivity index (χ1v) is 6.92. The molecule has 3 rings (SSSR count). The molecule has 0 aliphatic heterocycles. The van der Waals surface area contributed by atoms with Crippen LogP contribution < -0.4 is 5.73 Å². The average molecular weight is 370 g/mol. The highest BCUT2D eigenvalue weighted by atomic mass is 127. The number of nitrogens with zero attached hydrogens (tertiary/aromatic N) is 3. The highest BCUT2D eigenvalue weighted by Crippen LogP contribution is 2.28. The summed E-state index contributed by atoms with van der Waals surface area (Å²) >= 11 is 3.44. The molecule has 2 N–H and O–H groups in total. The van der Waals surface area contributed by atoms with E-state index in [1.807, 2.05) is 0 Å². The van der Waals surface area contributed by atoms with E-state index in [2.05, 4.69) is 37.5 Å². The largest absolute Gasteiger partial charge is 0.431 e. The lowest BCUT2D eigenvalue weighted by atomic mass is 10.3. The van der Waals surface area contributed by atoms with Gasteiger partial charge in [0.15, 0.2) is 10.7 Å². The molecule has 18 heavy (non-hydrogen) atoms. The molecule has 0 atom stereocenters. The smallest absolute Gasteiger partial charge is 0.264 e. The summed E-state index contributed by atoms with van der Waals surface area (Å²) < 4.78 is 6.56. The van der Waals surface area contributed by atoms with E-state index in [-0.39, 0.29) is 0 Å². The molecule has 7 heteroatoms. The molecule has 0 aliphatic carbocycles. The van der Waals surface area contributed by atoms with Gasteiger partial charge in [0.2, 0.25) is 0 Å². The maximum Gasteiger partial charge on any atom is 0.264 e. The van der Waals surface area contributed by atoms with Crippen LogP contribution in [-0.2, 0) is 0 Å². The fourth-order valence-electron chi connectivity index (χ4n) is 1.40. The van der Waals surface area contributed by atoms with E-state index in [1.54, 1.807) is 30.6 Å². The minimum atomic E-state index is 0.511. The quantitative estimate of drug-likeness (QED) is 0.425. The van der Waals surface area contributed by atoms with Gasteiger partial charge in [-0.05, 0) is 40.8 Å². The number of anilines is 1. The van der Waals surface area contributed by atoms with Crippen LogP contribution in [-0.4, -0.2) is 15.0 Å².